The van der Waals surface area contributed by atoms with E-state index in [2.05, 4.69) is 31.1 Å². The van der Waals surface area contributed by atoms with E-state index in [1.165, 1.54) is 6.20 Å². The van der Waals surface area contributed by atoms with Gasteiger partial charge >= 0.3 is 0 Å². The standard InChI is InChI=1S/C12H17ClN2O/c1-4-12(2,3)8-15-11(16)9-5-6-14-7-10(9)13/h5-7H,4,8H2,1-3H3,(H,15,16). The Morgan fingerprint density at radius 1 is 1.56 bits per heavy atom. The van der Waals surface area contributed by atoms with Crippen LogP contribution in [0.15, 0.2) is 18.5 Å². The van der Waals surface area contributed by atoms with Crippen LogP contribution in [0.2, 0.25) is 5.02 Å². The molecule has 0 saturated carbocycles. The van der Waals surface area contributed by atoms with Gasteiger partial charge in [0.15, 0.2) is 0 Å². The van der Waals surface area contributed by atoms with Crippen molar-refractivity contribution in [3.8, 4) is 0 Å². The smallest absolute Gasteiger partial charge is 0.252 e. The van der Waals surface area contributed by atoms with Crippen LogP contribution in [0.1, 0.15) is 37.6 Å². The van der Waals surface area contributed by atoms with Crippen LogP contribution in [0.5, 0.6) is 0 Å². The Hall–Kier alpha value is -1.09. The third kappa shape index (κ3) is 3.49. The lowest BCUT2D eigenvalue weighted by Crippen LogP contribution is -2.33. The quantitative estimate of drug-likeness (QED) is 0.879. The zero-order valence-electron chi connectivity index (χ0n) is 9.88. The van der Waals surface area contributed by atoms with Gasteiger partial charge in [-0.15, -0.1) is 0 Å². The normalized spacial score (nSPS) is 11.2. The molecule has 0 aliphatic heterocycles. The Labute approximate surface area is 101 Å². The monoisotopic (exact) mass is 240 g/mol. The summed E-state index contributed by atoms with van der Waals surface area (Å²) in [5.74, 6) is -0.145. The molecule has 0 radical (unpaired) electrons. The fourth-order valence-electron chi connectivity index (χ4n) is 1.10. The second kappa shape index (κ2) is 5.30. The van der Waals surface area contributed by atoms with E-state index in [4.69, 9.17) is 11.6 Å². The third-order valence-corrected chi connectivity index (χ3v) is 3.00. The van der Waals surface area contributed by atoms with E-state index >= 15 is 0 Å². The third-order valence-electron chi connectivity index (χ3n) is 2.70. The maximum Gasteiger partial charge on any atom is 0.252 e. The number of pyridine rings is 1. The van der Waals surface area contributed by atoms with Gasteiger partial charge in [-0.2, -0.15) is 0 Å². The predicted molar refractivity (Wildman–Crippen MR) is 65.7 cm³/mol. The van der Waals surface area contributed by atoms with E-state index in [1.54, 1.807) is 12.3 Å². The van der Waals surface area contributed by atoms with E-state index in [-0.39, 0.29) is 11.3 Å². The van der Waals surface area contributed by atoms with Crippen molar-refractivity contribution in [2.24, 2.45) is 5.41 Å². The molecule has 0 fully saturated rings. The summed E-state index contributed by atoms with van der Waals surface area (Å²) >= 11 is 5.88. The molecule has 0 atom stereocenters. The SMILES string of the molecule is CCC(C)(C)CNC(=O)c1ccncc1Cl. The lowest BCUT2D eigenvalue weighted by molar-refractivity contribution is 0.0936. The molecule has 1 aromatic heterocycles. The fraction of sp³-hybridized carbons (Fsp3) is 0.500. The van der Waals surface area contributed by atoms with E-state index in [0.29, 0.717) is 17.1 Å². The first-order chi connectivity index (χ1) is 7.46. The van der Waals surface area contributed by atoms with Gasteiger partial charge in [0.05, 0.1) is 10.6 Å². The summed E-state index contributed by atoms with van der Waals surface area (Å²) in [6.45, 7) is 6.97. The van der Waals surface area contributed by atoms with Crippen molar-refractivity contribution in [2.75, 3.05) is 6.54 Å². The number of carbonyl (C=O) groups excluding carboxylic acids is 1. The van der Waals surface area contributed by atoms with Gasteiger partial charge < -0.3 is 5.32 Å². The highest BCUT2D eigenvalue weighted by Crippen LogP contribution is 2.19. The molecule has 0 spiro atoms. The molecule has 0 bridgehead atoms. The minimum Gasteiger partial charge on any atom is -0.351 e. The molecule has 0 unspecified atom stereocenters. The van der Waals surface area contributed by atoms with Crippen molar-refractivity contribution in [3.05, 3.63) is 29.0 Å². The summed E-state index contributed by atoms with van der Waals surface area (Å²) < 4.78 is 0. The van der Waals surface area contributed by atoms with E-state index in [0.717, 1.165) is 6.42 Å². The molecule has 0 aliphatic carbocycles. The fourth-order valence-corrected chi connectivity index (χ4v) is 1.30. The van der Waals surface area contributed by atoms with Gasteiger partial charge in [0.1, 0.15) is 0 Å². The molecule has 1 rings (SSSR count). The highest BCUT2D eigenvalue weighted by molar-refractivity contribution is 6.33. The van der Waals surface area contributed by atoms with Crippen LogP contribution in [0.25, 0.3) is 0 Å². The maximum absolute atomic E-state index is 11.8. The number of nitrogens with zero attached hydrogens (tertiary/aromatic N) is 1. The lowest BCUT2D eigenvalue weighted by atomic mass is 9.90. The molecule has 1 amide bonds. The van der Waals surface area contributed by atoms with Crippen molar-refractivity contribution < 1.29 is 4.79 Å². The van der Waals surface area contributed by atoms with Crippen LogP contribution in [0, 0.1) is 5.41 Å². The predicted octanol–water partition coefficient (Wildman–Crippen LogP) is 2.90. The highest BCUT2D eigenvalue weighted by Gasteiger charge is 2.17. The molecule has 4 heteroatoms. The zero-order valence-corrected chi connectivity index (χ0v) is 10.6. The van der Waals surface area contributed by atoms with Crippen molar-refractivity contribution in [1.29, 1.82) is 0 Å². The van der Waals surface area contributed by atoms with Gasteiger partial charge in [-0.3, -0.25) is 9.78 Å². The molecule has 3 nitrogen and oxygen atoms in total. The molecule has 0 aromatic carbocycles. The van der Waals surface area contributed by atoms with Gasteiger partial charge in [-0.1, -0.05) is 32.4 Å². The zero-order chi connectivity index (χ0) is 12.2. The number of amides is 1. The lowest BCUT2D eigenvalue weighted by Gasteiger charge is -2.22. The van der Waals surface area contributed by atoms with Gasteiger partial charge in [0.2, 0.25) is 0 Å². The molecule has 1 heterocycles. The number of nitrogens with one attached hydrogen (secondary N) is 1. The van der Waals surface area contributed by atoms with E-state index in [1.807, 2.05) is 0 Å². The van der Waals surface area contributed by atoms with Gasteiger partial charge in [-0.25, -0.2) is 0 Å². The molecular formula is C12H17ClN2O. The first-order valence-electron chi connectivity index (χ1n) is 5.34. The van der Waals surface area contributed by atoms with E-state index < -0.39 is 0 Å². The van der Waals surface area contributed by atoms with Gasteiger partial charge in [0, 0.05) is 18.9 Å². The molecule has 1 aromatic rings. The molecule has 0 aliphatic rings. The van der Waals surface area contributed by atoms with Gasteiger partial charge in [0.25, 0.3) is 5.91 Å². The number of carbonyl (C=O) groups is 1. The average Bonchev–Trinajstić information content (AvgIpc) is 2.27. The van der Waals surface area contributed by atoms with Crippen molar-refractivity contribution >= 4 is 17.5 Å². The van der Waals surface area contributed by atoms with Crippen molar-refractivity contribution in [1.82, 2.24) is 10.3 Å². The summed E-state index contributed by atoms with van der Waals surface area (Å²) in [6, 6.07) is 1.62. The van der Waals surface area contributed by atoms with Crippen molar-refractivity contribution in [2.45, 2.75) is 27.2 Å². The average molecular weight is 241 g/mol. The summed E-state index contributed by atoms with van der Waals surface area (Å²) in [6.07, 6.45) is 4.05. The molecular weight excluding hydrogens is 224 g/mol. The second-order valence-electron chi connectivity index (χ2n) is 4.56. The van der Waals surface area contributed by atoms with Crippen LogP contribution in [0.3, 0.4) is 0 Å². The Morgan fingerprint density at radius 3 is 2.81 bits per heavy atom. The van der Waals surface area contributed by atoms with Crippen LogP contribution in [-0.4, -0.2) is 17.4 Å². The van der Waals surface area contributed by atoms with Crippen LogP contribution in [0.4, 0.5) is 0 Å². The summed E-state index contributed by atoms with van der Waals surface area (Å²) in [5.41, 5.74) is 0.582. The maximum atomic E-state index is 11.8. The Kier molecular flexibility index (Phi) is 4.30. The molecule has 1 N–H and O–H groups in total. The Balaban J connectivity index is 2.64. The first kappa shape index (κ1) is 13.0. The summed E-state index contributed by atoms with van der Waals surface area (Å²) in [5, 5.41) is 3.26. The van der Waals surface area contributed by atoms with Crippen LogP contribution < -0.4 is 5.32 Å². The largest absolute Gasteiger partial charge is 0.351 e. The van der Waals surface area contributed by atoms with E-state index in [9.17, 15) is 4.79 Å². The Morgan fingerprint density at radius 2 is 2.25 bits per heavy atom. The van der Waals surface area contributed by atoms with Gasteiger partial charge in [-0.05, 0) is 17.9 Å². The molecule has 0 saturated heterocycles. The van der Waals surface area contributed by atoms with Crippen LogP contribution in [-0.2, 0) is 0 Å². The Bertz CT molecular complexity index is 377. The second-order valence-corrected chi connectivity index (χ2v) is 4.96. The summed E-state index contributed by atoms with van der Waals surface area (Å²) in [4.78, 5) is 15.6. The first-order valence-corrected chi connectivity index (χ1v) is 5.72. The minimum atomic E-state index is -0.145. The molecule has 88 valence electrons. The number of rotatable bonds is 4. The minimum absolute atomic E-state index is 0.106. The van der Waals surface area contributed by atoms with Crippen molar-refractivity contribution in [3.63, 3.8) is 0 Å². The number of hydrogen-bond acceptors (Lipinski definition) is 2. The molecule has 16 heavy (non-hydrogen) atoms. The number of hydrogen-bond donors (Lipinski definition) is 1. The number of halogens is 1. The summed E-state index contributed by atoms with van der Waals surface area (Å²) in [7, 11) is 0. The number of aromatic nitrogens is 1. The highest BCUT2D eigenvalue weighted by atomic mass is 35.5. The topological polar surface area (TPSA) is 42.0 Å². The van der Waals surface area contributed by atoms with Crippen LogP contribution >= 0.6 is 11.6 Å².